The van der Waals surface area contributed by atoms with Crippen LogP contribution < -0.4 is 5.32 Å². The fourth-order valence-electron chi connectivity index (χ4n) is 3.31. The number of nitrogens with zero attached hydrogens (tertiary/aromatic N) is 1. The summed E-state index contributed by atoms with van der Waals surface area (Å²) in [4.78, 5) is 2.02. The van der Waals surface area contributed by atoms with E-state index in [2.05, 4.69) is 31.3 Å². The third-order valence-corrected chi connectivity index (χ3v) is 7.02. The van der Waals surface area contributed by atoms with Gasteiger partial charge in [-0.2, -0.15) is 0 Å². The van der Waals surface area contributed by atoms with Crippen molar-refractivity contribution in [3.05, 3.63) is 65.7 Å². The number of sulfone groups is 1. The van der Waals surface area contributed by atoms with Crippen LogP contribution in [-0.4, -0.2) is 36.0 Å². The van der Waals surface area contributed by atoms with E-state index in [1.807, 2.05) is 47.4 Å². The molecule has 0 aromatic heterocycles. The fraction of sp³-hybridized carbons (Fsp3) is 0.381. The Balaban J connectivity index is 1.77. The molecule has 0 radical (unpaired) electrons. The van der Waals surface area contributed by atoms with Crippen molar-refractivity contribution in [2.24, 2.45) is 0 Å². The first kappa shape index (κ1) is 19.8. The molecule has 4 nitrogen and oxygen atoms in total. The van der Waals surface area contributed by atoms with Crippen molar-refractivity contribution in [2.45, 2.75) is 38.8 Å². The summed E-state index contributed by atoms with van der Waals surface area (Å²) >= 11 is 5.67. The van der Waals surface area contributed by atoms with Gasteiger partial charge in [0.2, 0.25) is 0 Å². The van der Waals surface area contributed by atoms with Crippen molar-refractivity contribution in [3.8, 4) is 0 Å². The summed E-state index contributed by atoms with van der Waals surface area (Å²) in [5, 5.41) is 3.86. The molecule has 0 unspecified atom stereocenters. The normalized spacial score (nSPS) is 18.4. The second-order valence-corrected chi connectivity index (χ2v) is 9.99. The van der Waals surface area contributed by atoms with Crippen molar-refractivity contribution < 1.29 is 8.42 Å². The number of hydrogen-bond acceptors (Lipinski definition) is 3. The van der Waals surface area contributed by atoms with E-state index in [1.165, 1.54) is 5.56 Å². The number of thiocarbonyl (C=S) groups is 1. The highest BCUT2D eigenvalue weighted by Crippen LogP contribution is 2.22. The van der Waals surface area contributed by atoms with Gasteiger partial charge in [-0.1, -0.05) is 56.3 Å². The van der Waals surface area contributed by atoms with Gasteiger partial charge in [0.15, 0.2) is 14.9 Å². The lowest BCUT2D eigenvalue weighted by molar-refractivity contribution is 0.332. The number of hydrogen-bond donors (Lipinski definition) is 1. The zero-order chi connectivity index (χ0) is 19.4. The summed E-state index contributed by atoms with van der Waals surface area (Å²) in [5.41, 5.74) is 3.30. The Morgan fingerprint density at radius 3 is 2.37 bits per heavy atom. The predicted molar refractivity (Wildman–Crippen MR) is 116 cm³/mol. The molecule has 1 heterocycles. The van der Waals surface area contributed by atoms with Gasteiger partial charge in [-0.3, -0.25) is 0 Å². The van der Waals surface area contributed by atoms with Crippen LogP contribution >= 0.6 is 12.2 Å². The molecule has 27 heavy (non-hydrogen) atoms. The lowest BCUT2D eigenvalue weighted by Gasteiger charge is -2.31. The molecule has 1 fully saturated rings. The molecule has 2 aromatic rings. The molecular formula is C21H26N2O2S2. The van der Waals surface area contributed by atoms with Gasteiger partial charge >= 0.3 is 0 Å². The maximum absolute atomic E-state index is 12.0. The van der Waals surface area contributed by atoms with E-state index in [4.69, 9.17) is 12.2 Å². The third-order valence-electron chi connectivity index (χ3n) is 4.93. The summed E-state index contributed by atoms with van der Waals surface area (Å²) in [6.07, 6.45) is 0.614. The molecule has 1 aliphatic rings. The zero-order valence-corrected chi connectivity index (χ0v) is 17.4. The smallest absolute Gasteiger partial charge is 0.174 e. The van der Waals surface area contributed by atoms with Crippen LogP contribution in [0.2, 0.25) is 0 Å². The number of benzene rings is 2. The van der Waals surface area contributed by atoms with Crippen molar-refractivity contribution in [1.82, 2.24) is 4.90 Å². The maximum atomic E-state index is 12.0. The highest BCUT2D eigenvalue weighted by Gasteiger charge is 2.33. The second-order valence-electron chi connectivity index (χ2n) is 7.38. The van der Waals surface area contributed by atoms with Gasteiger partial charge < -0.3 is 10.2 Å². The summed E-state index contributed by atoms with van der Waals surface area (Å²) < 4.78 is 24.0. The fourth-order valence-corrected chi connectivity index (χ4v) is 5.38. The lowest BCUT2D eigenvalue weighted by atomic mass is 10.0. The monoisotopic (exact) mass is 402 g/mol. The Morgan fingerprint density at radius 1 is 1.15 bits per heavy atom. The van der Waals surface area contributed by atoms with E-state index in [0.717, 1.165) is 11.3 Å². The molecule has 0 bridgehead atoms. The van der Waals surface area contributed by atoms with Crippen molar-refractivity contribution in [2.75, 3.05) is 16.8 Å². The molecule has 0 spiro atoms. The standard InChI is InChI=1S/C21H26N2O2S2/c1-16(2)18-8-10-19(11-9-18)22-21(26)23(14-17-6-4-3-5-7-17)20-12-13-27(24,25)15-20/h3-11,16,20H,12-15H2,1-2H3,(H,22,26)/t20-/m0/s1. The quantitative estimate of drug-likeness (QED) is 0.760. The summed E-state index contributed by atoms with van der Waals surface area (Å²) in [6, 6.07) is 18.2. The molecule has 0 amide bonds. The molecular weight excluding hydrogens is 376 g/mol. The molecule has 1 aliphatic heterocycles. The van der Waals surface area contributed by atoms with E-state index in [-0.39, 0.29) is 17.5 Å². The van der Waals surface area contributed by atoms with Crippen molar-refractivity contribution in [3.63, 3.8) is 0 Å². The average molecular weight is 403 g/mol. The van der Waals surface area contributed by atoms with Crippen LogP contribution in [0.5, 0.6) is 0 Å². The van der Waals surface area contributed by atoms with Crippen molar-refractivity contribution >= 4 is 32.9 Å². The SMILES string of the molecule is CC(C)c1ccc(NC(=S)N(Cc2ccccc2)[C@H]2CCS(=O)(=O)C2)cc1. The molecule has 0 saturated carbocycles. The number of rotatable bonds is 5. The molecule has 0 aliphatic carbocycles. The Morgan fingerprint density at radius 2 is 1.81 bits per heavy atom. The van der Waals surface area contributed by atoms with Gasteiger partial charge in [-0.05, 0) is 47.8 Å². The lowest BCUT2D eigenvalue weighted by Crippen LogP contribution is -2.43. The predicted octanol–water partition coefficient (Wildman–Crippen LogP) is 4.20. The molecule has 2 aromatic carbocycles. The Bertz CT molecular complexity index is 878. The van der Waals surface area contributed by atoms with Crippen LogP contribution in [0.25, 0.3) is 0 Å². The van der Waals surface area contributed by atoms with Gasteiger partial charge in [0.1, 0.15) is 0 Å². The van der Waals surface area contributed by atoms with Crippen molar-refractivity contribution in [1.29, 1.82) is 0 Å². The summed E-state index contributed by atoms with van der Waals surface area (Å²) in [5.74, 6) is 0.868. The molecule has 144 valence electrons. The van der Waals surface area contributed by atoms with Crippen LogP contribution in [0.15, 0.2) is 54.6 Å². The topological polar surface area (TPSA) is 49.4 Å². The van der Waals surface area contributed by atoms with Gasteiger partial charge in [-0.25, -0.2) is 8.42 Å². The third kappa shape index (κ3) is 5.30. The van der Waals surface area contributed by atoms with E-state index in [0.29, 0.717) is 24.0 Å². The van der Waals surface area contributed by atoms with Gasteiger partial charge in [-0.15, -0.1) is 0 Å². The minimum Gasteiger partial charge on any atom is -0.341 e. The van der Waals surface area contributed by atoms with Gasteiger partial charge in [0.05, 0.1) is 11.5 Å². The van der Waals surface area contributed by atoms with E-state index in [1.54, 1.807) is 0 Å². The Hall–Kier alpha value is -1.92. The summed E-state index contributed by atoms with van der Waals surface area (Å²) in [7, 11) is -2.98. The minimum atomic E-state index is -2.98. The Kier molecular flexibility index (Phi) is 6.17. The number of nitrogens with one attached hydrogen (secondary N) is 1. The first-order chi connectivity index (χ1) is 12.8. The minimum absolute atomic E-state index is 0.0925. The Labute approximate surface area is 167 Å². The van der Waals surface area contributed by atoms with Crippen LogP contribution in [0.3, 0.4) is 0 Å². The first-order valence-electron chi connectivity index (χ1n) is 9.26. The highest BCUT2D eigenvalue weighted by atomic mass is 32.2. The zero-order valence-electron chi connectivity index (χ0n) is 15.8. The van der Waals surface area contributed by atoms with Crippen LogP contribution in [-0.2, 0) is 16.4 Å². The van der Waals surface area contributed by atoms with Crippen LogP contribution in [0, 0.1) is 0 Å². The average Bonchev–Trinajstić information content (AvgIpc) is 3.00. The first-order valence-corrected chi connectivity index (χ1v) is 11.5. The largest absolute Gasteiger partial charge is 0.341 e. The van der Waals surface area contributed by atoms with E-state index in [9.17, 15) is 8.42 Å². The molecule has 6 heteroatoms. The number of anilines is 1. The van der Waals surface area contributed by atoms with E-state index >= 15 is 0 Å². The van der Waals surface area contributed by atoms with Gasteiger partial charge in [0.25, 0.3) is 0 Å². The maximum Gasteiger partial charge on any atom is 0.174 e. The summed E-state index contributed by atoms with van der Waals surface area (Å²) in [6.45, 7) is 4.92. The highest BCUT2D eigenvalue weighted by molar-refractivity contribution is 7.91. The van der Waals surface area contributed by atoms with Crippen LogP contribution in [0.1, 0.15) is 37.3 Å². The molecule has 1 N–H and O–H groups in total. The molecule has 3 rings (SSSR count). The molecule has 1 atom stereocenters. The molecule has 1 saturated heterocycles. The van der Waals surface area contributed by atoms with Crippen LogP contribution in [0.4, 0.5) is 5.69 Å². The van der Waals surface area contributed by atoms with E-state index < -0.39 is 9.84 Å². The second kappa shape index (κ2) is 8.40. The van der Waals surface area contributed by atoms with Gasteiger partial charge in [0, 0.05) is 18.3 Å².